The molecule has 6 nitrogen and oxygen atoms in total. The second-order valence-electron chi connectivity index (χ2n) is 4.71. The van der Waals surface area contributed by atoms with Gasteiger partial charge in [-0.2, -0.15) is 13.5 Å². The zero-order chi connectivity index (χ0) is 17.0. The van der Waals surface area contributed by atoms with Crippen molar-refractivity contribution in [3.63, 3.8) is 0 Å². The van der Waals surface area contributed by atoms with E-state index in [0.29, 0.717) is 5.02 Å². The molecule has 122 valence electrons. The Bertz CT molecular complexity index is 833. The molecule has 8 heteroatoms. The van der Waals surface area contributed by atoms with Gasteiger partial charge in [0, 0.05) is 16.7 Å². The number of hydrogen-bond acceptors (Lipinski definition) is 5. The number of halogens is 1. The second kappa shape index (κ2) is 6.89. The molecular formula is C15H15ClN2O4S. The maximum atomic E-state index is 12.1. The quantitative estimate of drug-likeness (QED) is 0.638. The summed E-state index contributed by atoms with van der Waals surface area (Å²) < 4.78 is 29.1. The van der Waals surface area contributed by atoms with E-state index >= 15 is 0 Å². The van der Waals surface area contributed by atoms with E-state index in [9.17, 15) is 13.5 Å². The third-order valence-electron chi connectivity index (χ3n) is 3.00. The topological polar surface area (TPSA) is 88.0 Å². The predicted molar refractivity (Wildman–Crippen MR) is 88.8 cm³/mol. The lowest BCUT2D eigenvalue weighted by Gasteiger charge is -2.07. The summed E-state index contributed by atoms with van der Waals surface area (Å²) in [5, 5.41) is 13.9. The third-order valence-corrected chi connectivity index (χ3v) is 4.45. The summed E-state index contributed by atoms with van der Waals surface area (Å²) in [6, 6.07) is 9.20. The molecule has 0 bridgehead atoms. The van der Waals surface area contributed by atoms with Crippen molar-refractivity contribution in [1.29, 1.82) is 0 Å². The van der Waals surface area contributed by atoms with Gasteiger partial charge in [-0.1, -0.05) is 29.3 Å². The molecule has 0 unspecified atom stereocenters. The van der Waals surface area contributed by atoms with Gasteiger partial charge in [-0.3, -0.25) is 0 Å². The minimum absolute atomic E-state index is 0.0909. The highest BCUT2D eigenvalue weighted by atomic mass is 35.5. The molecule has 0 aromatic heterocycles. The van der Waals surface area contributed by atoms with Crippen LogP contribution in [0.15, 0.2) is 46.4 Å². The molecule has 2 N–H and O–H groups in total. The van der Waals surface area contributed by atoms with Gasteiger partial charge in [0.25, 0.3) is 10.0 Å². The summed E-state index contributed by atoms with van der Waals surface area (Å²) in [7, 11) is -2.40. The van der Waals surface area contributed by atoms with Crippen LogP contribution in [0.3, 0.4) is 0 Å². The van der Waals surface area contributed by atoms with Crippen molar-refractivity contribution in [1.82, 2.24) is 4.83 Å². The first kappa shape index (κ1) is 17.1. The first-order chi connectivity index (χ1) is 10.8. The summed E-state index contributed by atoms with van der Waals surface area (Å²) in [5.41, 5.74) is 1.17. The molecule has 0 aliphatic rings. The fourth-order valence-corrected chi connectivity index (χ4v) is 2.79. The molecule has 2 aromatic carbocycles. The van der Waals surface area contributed by atoms with Crippen molar-refractivity contribution in [3.05, 3.63) is 52.5 Å². The number of methoxy groups -OCH3 is 1. The summed E-state index contributed by atoms with van der Waals surface area (Å²) >= 11 is 5.89. The van der Waals surface area contributed by atoms with Crippen LogP contribution in [0.2, 0.25) is 5.02 Å². The number of hydrogen-bond donors (Lipinski definition) is 2. The molecule has 0 atom stereocenters. The normalized spacial score (nSPS) is 11.6. The minimum Gasteiger partial charge on any atom is -0.504 e. The molecule has 2 rings (SSSR count). The van der Waals surface area contributed by atoms with Crippen molar-refractivity contribution in [3.8, 4) is 11.5 Å². The van der Waals surface area contributed by atoms with E-state index in [2.05, 4.69) is 9.93 Å². The largest absolute Gasteiger partial charge is 0.504 e. The Labute approximate surface area is 139 Å². The Hall–Kier alpha value is -2.25. The number of aryl methyl sites for hydroxylation is 1. The van der Waals surface area contributed by atoms with E-state index in [1.165, 1.54) is 31.4 Å². The van der Waals surface area contributed by atoms with Gasteiger partial charge in [-0.05, 0) is 25.1 Å². The number of nitrogens with zero attached hydrogens (tertiary/aromatic N) is 1. The van der Waals surface area contributed by atoms with E-state index in [0.717, 1.165) is 11.8 Å². The molecule has 0 spiro atoms. The molecule has 0 saturated carbocycles. The van der Waals surface area contributed by atoms with Crippen LogP contribution in [-0.4, -0.2) is 26.8 Å². The third kappa shape index (κ3) is 4.14. The van der Waals surface area contributed by atoms with E-state index < -0.39 is 10.0 Å². The zero-order valence-corrected chi connectivity index (χ0v) is 14.0. The van der Waals surface area contributed by atoms with Crippen molar-refractivity contribution >= 4 is 27.8 Å². The van der Waals surface area contributed by atoms with Gasteiger partial charge in [0.15, 0.2) is 11.5 Å². The first-order valence-electron chi connectivity index (χ1n) is 6.51. The lowest BCUT2D eigenvalue weighted by molar-refractivity contribution is 0.373. The SMILES string of the molecule is COc1cc(Cl)cc(C=NNS(=O)(=O)c2ccc(C)cc2)c1O. The average molecular weight is 355 g/mol. The van der Waals surface area contributed by atoms with Crippen molar-refractivity contribution < 1.29 is 18.3 Å². The van der Waals surface area contributed by atoms with Gasteiger partial charge in [-0.25, -0.2) is 4.83 Å². The highest BCUT2D eigenvalue weighted by Crippen LogP contribution is 2.32. The number of hydrazone groups is 1. The minimum atomic E-state index is -3.78. The average Bonchev–Trinajstić information content (AvgIpc) is 2.50. The number of phenolic OH excluding ortho intramolecular Hbond substituents is 1. The van der Waals surface area contributed by atoms with Crippen molar-refractivity contribution in [2.24, 2.45) is 5.10 Å². The Morgan fingerprint density at radius 1 is 1.26 bits per heavy atom. The van der Waals surface area contributed by atoms with Gasteiger partial charge >= 0.3 is 0 Å². The van der Waals surface area contributed by atoms with Crippen LogP contribution in [0.25, 0.3) is 0 Å². The zero-order valence-electron chi connectivity index (χ0n) is 12.4. The van der Waals surface area contributed by atoms with Gasteiger partial charge in [-0.15, -0.1) is 0 Å². The first-order valence-corrected chi connectivity index (χ1v) is 8.37. The smallest absolute Gasteiger partial charge is 0.276 e. The number of sulfonamides is 1. The molecule has 0 aliphatic heterocycles. The molecule has 0 fully saturated rings. The van der Waals surface area contributed by atoms with E-state index in [1.54, 1.807) is 12.1 Å². The molecule has 0 heterocycles. The number of ether oxygens (including phenoxy) is 1. The fraction of sp³-hybridized carbons (Fsp3) is 0.133. The lowest BCUT2D eigenvalue weighted by Crippen LogP contribution is -2.18. The Morgan fingerprint density at radius 3 is 2.52 bits per heavy atom. The highest BCUT2D eigenvalue weighted by molar-refractivity contribution is 7.89. The molecule has 2 aromatic rings. The molecule has 23 heavy (non-hydrogen) atoms. The highest BCUT2D eigenvalue weighted by Gasteiger charge is 2.12. The van der Waals surface area contributed by atoms with Crippen LogP contribution in [0.5, 0.6) is 11.5 Å². The van der Waals surface area contributed by atoms with Gasteiger partial charge in [0.1, 0.15) is 0 Å². The number of aromatic hydroxyl groups is 1. The van der Waals surface area contributed by atoms with Crippen LogP contribution in [0.4, 0.5) is 0 Å². The monoisotopic (exact) mass is 354 g/mol. The lowest BCUT2D eigenvalue weighted by atomic mass is 10.2. The Kier molecular flexibility index (Phi) is 5.12. The number of benzene rings is 2. The molecular weight excluding hydrogens is 340 g/mol. The van der Waals surface area contributed by atoms with Crippen molar-refractivity contribution in [2.45, 2.75) is 11.8 Å². The van der Waals surface area contributed by atoms with Crippen LogP contribution >= 0.6 is 11.6 Å². The van der Waals surface area contributed by atoms with Crippen LogP contribution in [0, 0.1) is 6.92 Å². The van der Waals surface area contributed by atoms with Gasteiger partial charge in [0.05, 0.1) is 18.2 Å². The second-order valence-corrected chi connectivity index (χ2v) is 6.81. The summed E-state index contributed by atoms with van der Waals surface area (Å²) in [6.07, 6.45) is 1.15. The number of phenols is 1. The molecule has 0 saturated heterocycles. The summed E-state index contributed by atoms with van der Waals surface area (Å²) in [4.78, 5) is 2.16. The Balaban J connectivity index is 2.22. The molecule has 0 aliphatic carbocycles. The van der Waals surface area contributed by atoms with E-state index in [-0.39, 0.29) is 22.0 Å². The van der Waals surface area contributed by atoms with E-state index in [4.69, 9.17) is 16.3 Å². The maximum Gasteiger partial charge on any atom is 0.276 e. The summed E-state index contributed by atoms with van der Waals surface area (Å²) in [5.74, 6) is -0.0180. The fourth-order valence-electron chi connectivity index (χ4n) is 1.78. The Morgan fingerprint density at radius 2 is 1.91 bits per heavy atom. The number of rotatable bonds is 5. The van der Waals surface area contributed by atoms with Crippen molar-refractivity contribution in [2.75, 3.05) is 7.11 Å². The molecule has 0 radical (unpaired) electrons. The number of nitrogens with one attached hydrogen (secondary N) is 1. The van der Waals surface area contributed by atoms with Gasteiger partial charge < -0.3 is 9.84 Å². The van der Waals surface area contributed by atoms with E-state index in [1.807, 2.05) is 6.92 Å². The van der Waals surface area contributed by atoms with Crippen LogP contribution in [0.1, 0.15) is 11.1 Å². The molecule has 0 amide bonds. The van der Waals surface area contributed by atoms with Crippen LogP contribution < -0.4 is 9.57 Å². The maximum absolute atomic E-state index is 12.1. The van der Waals surface area contributed by atoms with Gasteiger partial charge in [0.2, 0.25) is 0 Å². The standard InChI is InChI=1S/C15H15ClN2O4S/c1-10-3-5-13(6-4-10)23(20,21)18-17-9-11-7-12(16)8-14(22-2)15(11)19/h3-9,18-19H,1-2H3. The summed E-state index contributed by atoms with van der Waals surface area (Å²) in [6.45, 7) is 1.86. The van der Waals surface area contributed by atoms with Crippen LogP contribution in [-0.2, 0) is 10.0 Å². The predicted octanol–water partition coefficient (Wildman–Crippen LogP) is 2.68.